The summed E-state index contributed by atoms with van der Waals surface area (Å²) in [7, 11) is 0. The van der Waals surface area contributed by atoms with Crippen molar-refractivity contribution in [1.82, 2.24) is 0 Å². The molecule has 0 fully saturated rings. The minimum Gasteiger partial charge on any atom is -0.550 e. The maximum absolute atomic E-state index is 10.9. The van der Waals surface area contributed by atoms with Crippen LogP contribution in [0.3, 0.4) is 0 Å². The summed E-state index contributed by atoms with van der Waals surface area (Å²) >= 11 is 0. The van der Waals surface area contributed by atoms with Gasteiger partial charge >= 0.3 is 190 Å². The summed E-state index contributed by atoms with van der Waals surface area (Å²) in [4.78, 5) is 166. The minimum atomic E-state index is -2.42. The zero-order chi connectivity index (χ0) is 51.5. The van der Waals surface area contributed by atoms with Crippen molar-refractivity contribution in [2.24, 2.45) is 22.9 Å². The maximum atomic E-state index is 10.9. The number of carbonyl (C=O) groups excluding carboxylic acids is 8. The SMILES string of the molecule is N[C@@H](CC(=O)[O-])C(=O)OC(C(=O)O)C(=O)O.N[C@@H](CC(=O)[O-])C(=O)OC(C(=O)O)C(=O)O.N[C@@H](CC(=O)[O-])C(=O)OC(C(=O)O)C(=O)O.N[C@@H](CC(=O)[O-])C(=O)OC(C(=O)O)C(=O)O.[Na+].[Na+].[Na+].[Na+]. The molecule has 0 saturated carbocycles. The van der Waals surface area contributed by atoms with Crippen molar-refractivity contribution in [3.63, 3.8) is 0 Å². The molecule has 40 heteroatoms. The van der Waals surface area contributed by atoms with E-state index in [-0.39, 0.29) is 118 Å². The molecule has 68 heavy (non-hydrogen) atoms. The van der Waals surface area contributed by atoms with Gasteiger partial charge in [0.15, 0.2) is 0 Å². The maximum Gasteiger partial charge on any atom is 1.00 e. The van der Waals surface area contributed by atoms with E-state index >= 15 is 0 Å². The summed E-state index contributed by atoms with van der Waals surface area (Å²) < 4.78 is 15.9. The van der Waals surface area contributed by atoms with Crippen LogP contribution in [0.2, 0.25) is 0 Å². The topological polar surface area (TPSA) is 668 Å². The fourth-order valence-electron chi connectivity index (χ4n) is 2.69. The van der Waals surface area contributed by atoms with Gasteiger partial charge in [0.2, 0.25) is 0 Å². The summed E-state index contributed by atoms with van der Waals surface area (Å²) in [6.07, 6.45) is -13.3. The van der Waals surface area contributed by atoms with E-state index in [0.717, 1.165) is 0 Å². The van der Waals surface area contributed by atoms with Crippen molar-refractivity contribution in [2.45, 2.75) is 74.3 Å². The number of carbonyl (C=O) groups is 16. The van der Waals surface area contributed by atoms with Crippen molar-refractivity contribution in [3.05, 3.63) is 0 Å². The van der Waals surface area contributed by atoms with E-state index in [2.05, 4.69) is 18.9 Å². The third-order valence-electron chi connectivity index (χ3n) is 5.49. The summed E-state index contributed by atoms with van der Waals surface area (Å²) in [5, 5.41) is 107. The Morgan fingerprint density at radius 1 is 0.294 bits per heavy atom. The number of hydrogen-bond donors (Lipinski definition) is 12. The predicted octanol–water partition coefficient (Wildman–Crippen LogP) is -25.8. The van der Waals surface area contributed by atoms with Gasteiger partial charge in [-0.2, -0.15) is 0 Å². The first kappa shape index (κ1) is 80.4. The number of ether oxygens (including phenoxy) is 4. The number of rotatable bonds is 24. The summed E-state index contributed by atoms with van der Waals surface area (Å²) in [5.41, 5.74) is 19.9. The molecular formula is C28H32N4Na4O32. The van der Waals surface area contributed by atoms with E-state index in [0.29, 0.717) is 0 Å². The Kier molecular flexibility index (Phi) is 48.9. The van der Waals surface area contributed by atoms with Gasteiger partial charge in [-0.3, -0.25) is 19.2 Å². The Balaban J connectivity index is -0.000000115. The van der Waals surface area contributed by atoms with Crippen LogP contribution in [-0.4, -0.2) is 185 Å². The molecule has 16 N–H and O–H groups in total. The molecule has 0 aliphatic heterocycles. The Morgan fingerprint density at radius 3 is 0.471 bits per heavy atom. The van der Waals surface area contributed by atoms with E-state index < -0.39 is 170 Å². The standard InChI is InChI=1S/4C7H9NO8.4Na/c4*8-2(1-3(9)10)7(15)16-4(5(11)12)6(13)14;;;;/h4*2,4H,1,8H2,(H,9,10)(H,11,12)(H,13,14);;;;/q;;;;4*+1/p-4/t4*2-;;;;/m0000..../s1. The van der Waals surface area contributed by atoms with Crippen molar-refractivity contribution in [3.8, 4) is 0 Å². The molecular weight excluding hydrogens is 996 g/mol. The van der Waals surface area contributed by atoms with Crippen LogP contribution in [0.5, 0.6) is 0 Å². The van der Waals surface area contributed by atoms with Crippen LogP contribution in [0.15, 0.2) is 0 Å². The van der Waals surface area contributed by atoms with Crippen LogP contribution >= 0.6 is 0 Å². The Labute approximate surface area is 463 Å². The Bertz CT molecular complexity index is 1520. The molecule has 0 aliphatic rings. The van der Waals surface area contributed by atoms with Gasteiger partial charge in [0.25, 0.3) is 24.4 Å². The van der Waals surface area contributed by atoms with Gasteiger partial charge in [-0.05, 0) is 0 Å². The minimum absolute atomic E-state index is 0. The second-order valence-corrected chi connectivity index (χ2v) is 10.7. The molecule has 0 unspecified atom stereocenters. The zero-order valence-electron chi connectivity index (χ0n) is 35.1. The quantitative estimate of drug-likeness (QED) is 0.0185. The largest absolute Gasteiger partial charge is 1.00 e. The number of hydrogen-bond acceptors (Lipinski definition) is 28. The predicted molar refractivity (Wildman–Crippen MR) is 171 cm³/mol. The van der Waals surface area contributed by atoms with Crippen LogP contribution in [0.1, 0.15) is 25.7 Å². The number of carboxylic acid groups (broad SMARTS) is 12. The fourth-order valence-corrected chi connectivity index (χ4v) is 2.69. The molecule has 0 aromatic rings. The monoisotopic (exact) mass is 1030 g/mol. The van der Waals surface area contributed by atoms with Crippen LogP contribution in [0, 0.1) is 0 Å². The molecule has 0 bridgehead atoms. The molecule has 0 rings (SSSR count). The van der Waals surface area contributed by atoms with E-state index in [9.17, 15) is 97.1 Å². The molecule has 4 atom stereocenters. The van der Waals surface area contributed by atoms with Gasteiger partial charge in [-0.15, -0.1) is 0 Å². The van der Waals surface area contributed by atoms with Crippen molar-refractivity contribution in [2.75, 3.05) is 0 Å². The van der Waals surface area contributed by atoms with Gasteiger partial charge in [0, 0.05) is 49.6 Å². The van der Waals surface area contributed by atoms with Crippen molar-refractivity contribution >= 4 is 95.5 Å². The number of esters is 4. The van der Waals surface area contributed by atoms with Crippen molar-refractivity contribution in [1.29, 1.82) is 0 Å². The van der Waals surface area contributed by atoms with Gasteiger partial charge < -0.3 is 122 Å². The smallest absolute Gasteiger partial charge is 0.550 e. The van der Waals surface area contributed by atoms with Gasteiger partial charge in [-0.25, -0.2) is 38.4 Å². The Hall–Kier alpha value is -4.64. The summed E-state index contributed by atoms with van der Waals surface area (Å²) in [5.74, 6) is -27.6. The van der Waals surface area contributed by atoms with Crippen LogP contribution in [0.25, 0.3) is 0 Å². The summed E-state index contributed by atoms with van der Waals surface area (Å²) in [6.45, 7) is 0. The van der Waals surface area contributed by atoms with Crippen molar-refractivity contribution < 1.29 is 275 Å². The third-order valence-corrected chi connectivity index (χ3v) is 5.49. The van der Waals surface area contributed by atoms with Gasteiger partial charge in [0.05, 0.1) is 0 Å². The van der Waals surface area contributed by atoms with Crippen LogP contribution in [0.4, 0.5) is 0 Å². The van der Waals surface area contributed by atoms with E-state index in [1.807, 2.05) is 0 Å². The van der Waals surface area contributed by atoms with Gasteiger partial charge in [0.1, 0.15) is 24.2 Å². The second kappa shape index (κ2) is 41.3. The first-order chi connectivity index (χ1) is 29.0. The summed E-state index contributed by atoms with van der Waals surface area (Å²) in [6, 6.07) is -6.70. The third kappa shape index (κ3) is 39.4. The van der Waals surface area contributed by atoms with E-state index in [1.165, 1.54) is 0 Å². The average Bonchev–Trinajstić information content (AvgIpc) is 3.11. The molecule has 0 aliphatic carbocycles. The first-order valence-electron chi connectivity index (χ1n) is 15.5. The number of carboxylic acids is 12. The number of nitrogens with two attached hydrogens (primary N) is 4. The second-order valence-electron chi connectivity index (χ2n) is 10.7. The molecule has 0 aromatic carbocycles. The van der Waals surface area contributed by atoms with Gasteiger partial charge in [-0.1, -0.05) is 0 Å². The molecule has 36 nitrogen and oxygen atoms in total. The number of aliphatic carboxylic acids is 12. The Morgan fingerprint density at radius 2 is 0.397 bits per heavy atom. The molecule has 360 valence electrons. The van der Waals surface area contributed by atoms with E-state index in [4.69, 9.17) is 63.8 Å². The average molecular weight is 1030 g/mol. The van der Waals surface area contributed by atoms with E-state index in [1.54, 1.807) is 0 Å². The molecule has 0 amide bonds. The normalized spacial score (nSPS) is 11.2. The first-order valence-corrected chi connectivity index (χ1v) is 15.5. The fraction of sp³-hybridized carbons (Fsp3) is 0.429. The molecule has 0 spiro atoms. The van der Waals surface area contributed by atoms with Crippen LogP contribution in [-0.2, 0) is 95.7 Å². The molecule has 0 heterocycles. The molecule has 0 aromatic heterocycles. The van der Waals surface area contributed by atoms with Crippen LogP contribution < -0.4 is 162 Å². The molecule has 0 radical (unpaired) electrons. The zero-order valence-corrected chi connectivity index (χ0v) is 43.1. The molecule has 0 saturated heterocycles.